The van der Waals surface area contributed by atoms with Gasteiger partial charge in [0.1, 0.15) is 5.82 Å². The lowest BCUT2D eigenvalue weighted by Gasteiger charge is -2.14. The maximum Gasteiger partial charge on any atom is 0.261 e. The maximum atomic E-state index is 13.3. The summed E-state index contributed by atoms with van der Waals surface area (Å²) in [5.74, 6) is -0.434. The van der Waals surface area contributed by atoms with E-state index in [1.165, 1.54) is 29.1 Å². The quantitative estimate of drug-likeness (QED) is 0.742. The van der Waals surface area contributed by atoms with Gasteiger partial charge in [0, 0.05) is 24.4 Å². The Kier molecular flexibility index (Phi) is 3.48. The summed E-state index contributed by atoms with van der Waals surface area (Å²) in [5.41, 5.74) is 1.17. The van der Waals surface area contributed by atoms with Gasteiger partial charge in [0.05, 0.1) is 17.2 Å². The van der Waals surface area contributed by atoms with Crippen LogP contribution in [-0.4, -0.2) is 14.5 Å². The smallest absolute Gasteiger partial charge is 0.261 e. The second kappa shape index (κ2) is 5.44. The highest BCUT2D eigenvalue weighted by molar-refractivity contribution is 5.77. The van der Waals surface area contributed by atoms with Gasteiger partial charge in [0.15, 0.2) is 0 Å². The highest BCUT2D eigenvalue weighted by atomic mass is 19.1. The minimum absolute atomic E-state index is 0.104. The number of fused-ring (bicyclic) bond motifs is 1. The zero-order chi connectivity index (χ0) is 14.8. The monoisotopic (exact) mass is 283 g/mol. The van der Waals surface area contributed by atoms with E-state index in [9.17, 15) is 9.18 Å². The van der Waals surface area contributed by atoms with Crippen molar-refractivity contribution in [1.29, 1.82) is 0 Å². The van der Waals surface area contributed by atoms with E-state index in [1.54, 1.807) is 6.20 Å². The van der Waals surface area contributed by atoms with Crippen molar-refractivity contribution in [2.45, 2.75) is 19.4 Å². The van der Waals surface area contributed by atoms with E-state index < -0.39 is 5.82 Å². The normalized spacial score (nSPS) is 12.5. The average molecular weight is 283 g/mol. The molecular weight excluding hydrogens is 269 g/mol. The minimum atomic E-state index is -0.434. The lowest BCUT2D eigenvalue weighted by atomic mass is 10.1. The van der Waals surface area contributed by atoms with E-state index in [4.69, 9.17) is 0 Å². The number of nitrogens with zero attached hydrogens (tertiary/aromatic N) is 3. The van der Waals surface area contributed by atoms with Crippen LogP contribution in [0.5, 0.6) is 0 Å². The van der Waals surface area contributed by atoms with Crippen LogP contribution in [0.25, 0.3) is 10.9 Å². The van der Waals surface area contributed by atoms with Crippen molar-refractivity contribution < 1.29 is 4.39 Å². The summed E-state index contributed by atoms with van der Waals surface area (Å²) < 4.78 is 14.8. The van der Waals surface area contributed by atoms with Crippen LogP contribution in [0, 0.1) is 5.82 Å². The highest BCUT2D eigenvalue weighted by Gasteiger charge is 2.11. The molecule has 2 aromatic heterocycles. The molecule has 1 aromatic carbocycles. The van der Waals surface area contributed by atoms with Gasteiger partial charge in [-0.1, -0.05) is 6.07 Å². The summed E-state index contributed by atoms with van der Waals surface area (Å²) in [6.45, 7) is 1.92. The molecule has 3 aromatic rings. The molecule has 0 aliphatic heterocycles. The lowest BCUT2D eigenvalue weighted by Crippen LogP contribution is -2.25. The van der Waals surface area contributed by atoms with Gasteiger partial charge in [0.25, 0.3) is 5.56 Å². The number of aromatic nitrogens is 3. The number of rotatable bonds is 3. The molecule has 0 aliphatic rings. The first-order valence-corrected chi connectivity index (χ1v) is 6.71. The molecule has 3 rings (SSSR count). The molecule has 0 aliphatic carbocycles. The SMILES string of the molecule is CC(Cc1ccccn1)n1cnc2ccc(F)cc2c1=O. The van der Waals surface area contributed by atoms with E-state index in [2.05, 4.69) is 9.97 Å². The molecule has 4 nitrogen and oxygen atoms in total. The molecule has 21 heavy (non-hydrogen) atoms. The van der Waals surface area contributed by atoms with Gasteiger partial charge < -0.3 is 0 Å². The van der Waals surface area contributed by atoms with Gasteiger partial charge in [-0.05, 0) is 37.3 Å². The second-order valence-corrected chi connectivity index (χ2v) is 4.99. The Balaban J connectivity index is 2.00. The standard InChI is InChI=1S/C16H14FN3O/c1-11(8-13-4-2-3-7-18-13)20-10-19-15-6-5-12(17)9-14(15)16(20)21/h2-7,9-11H,8H2,1H3. The molecule has 5 heteroatoms. The predicted octanol–water partition coefficient (Wildman–Crippen LogP) is 2.73. The third-order valence-electron chi connectivity index (χ3n) is 3.45. The zero-order valence-corrected chi connectivity index (χ0v) is 11.5. The van der Waals surface area contributed by atoms with Crippen molar-refractivity contribution in [2.24, 2.45) is 0 Å². The third kappa shape index (κ3) is 2.67. The molecule has 106 valence electrons. The minimum Gasteiger partial charge on any atom is -0.295 e. The Bertz CT molecular complexity index is 830. The first-order chi connectivity index (χ1) is 10.1. The number of halogens is 1. The van der Waals surface area contributed by atoms with Crippen LogP contribution in [0.1, 0.15) is 18.7 Å². The van der Waals surface area contributed by atoms with Crippen molar-refractivity contribution in [3.63, 3.8) is 0 Å². The number of benzene rings is 1. The van der Waals surface area contributed by atoms with Crippen LogP contribution in [0.3, 0.4) is 0 Å². The fraction of sp³-hybridized carbons (Fsp3) is 0.188. The topological polar surface area (TPSA) is 47.8 Å². The zero-order valence-electron chi connectivity index (χ0n) is 11.5. The van der Waals surface area contributed by atoms with Crippen LogP contribution in [0.4, 0.5) is 4.39 Å². The summed E-state index contributed by atoms with van der Waals surface area (Å²) in [7, 11) is 0. The molecule has 0 radical (unpaired) electrons. The summed E-state index contributed by atoms with van der Waals surface area (Å²) >= 11 is 0. The Morgan fingerprint density at radius 3 is 2.86 bits per heavy atom. The molecule has 0 saturated heterocycles. The third-order valence-corrected chi connectivity index (χ3v) is 3.45. The molecule has 1 atom stereocenters. The number of hydrogen-bond acceptors (Lipinski definition) is 3. The van der Waals surface area contributed by atoms with Crippen molar-refractivity contribution in [2.75, 3.05) is 0 Å². The molecule has 0 N–H and O–H groups in total. The Morgan fingerprint density at radius 2 is 2.10 bits per heavy atom. The van der Waals surface area contributed by atoms with Gasteiger partial charge in [0.2, 0.25) is 0 Å². The molecule has 0 fully saturated rings. The molecule has 0 spiro atoms. The van der Waals surface area contributed by atoms with E-state index >= 15 is 0 Å². The molecule has 0 bridgehead atoms. The summed E-state index contributed by atoms with van der Waals surface area (Å²) in [5, 5.41) is 0.297. The first kappa shape index (κ1) is 13.4. The molecule has 0 amide bonds. The van der Waals surface area contributed by atoms with Gasteiger partial charge in [-0.25, -0.2) is 9.37 Å². The van der Waals surface area contributed by atoms with Crippen LogP contribution >= 0.6 is 0 Å². The largest absolute Gasteiger partial charge is 0.295 e. The summed E-state index contributed by atoms with van der Waals surface area (Å²) in [4.78, 5) is 20.9. The van der Waals surface area contributed by atoms with E-state index in [0.717, 1.165) is 5.69 Å². The molecule has 2 heterocycles. The van der Waals surface area contributed by atoms with Crippen LogP contribution < -0.4 is 5.56 Å². The van der Waals surface area contributed by atoms with E-state index in [0.29, 0.717) is 17.3 Å². The summed E-state index contributed by atoms with van der Waals surface area (Å²) in [6.07, 6.45) is 3.85. The van der Waals surface area contributed by atoms with E-state index in [-0.39, 0.29) is 11.6 Å². The Hall–Kier alpha value is -2.56. The number of pyridine rings is 1. The van der Waals surface area contributed by atoms with Crippen molar-refractivity contribution >= 4 is 10.9 Å². The van der Waals surface area contributed by atoms with Crippen molar-refractivity contribution in [1.82, 2.24) is 14.5 Å². The molecule has 1 unspecified atom stereocenters. The number of hydrogen-bond donors (Lipinski definition) is 0. The highest BCUT2D eigenvalue weighted by Crippen LogP contribution is 2.13. The molecular formula is C16H14FN3O. The maximum absolute atomic E-state index is 13.3. The molecule has 0 saturated carbocycles. The van der Waals surface area contributed by atoms with Crippen LogP contribution in [-0.2, 0) is 6.42 Å². The van der Waals surface area contributed by atoms with Gasteiger partial charge in [-0.15, -0.1) is 0 Å². The average Bonchev–Trinajstić information content (AvgIpc) is 2.49. The van der Waals surface area contributed by atoms with Crippen molar-refractivity contribution in [3.8, 4) is 0 Å². The van der Waals surface area contributed by atoms with Gasteiger partial charge >= 0.3 is 0 Å². The van der Waals surface area contributed by atoms with Crippen LogP contribution in [0.2, 0.25) is 0 Å². The fourth-order valence-corrected chi connectivity index (χ4v) is 2.34. The van der Waals surface area contributed by atoms with Gasteiger partial charge in [-0.3, -0.25) is 14.3 Å². The van der Waals surface area contributed by atoms with E-state index in [1.807, 2.05) is 25.1 Å². The van der Waals surface area contributed by atoms with Crippen molar-refractivity contribution in [3.05, 3.63) is 70.8 Å². The van der Waals surface area contributed by atoms with Gasteiger partial charge in [-0.2, -0.15) is 0 Å². The fourth-order valence-electron chi connectivity index (χ4n) is 2.34. The predicted molar refractivity (Wildman–Crippen MR) is 78.6 cm³/mol. The summed E-state index contributed by atoms with van der Waals surface area (Å²) in [6, 6.07) is 9.61. The second-order valence-electron chi connectivity index (χ2n) is 4.99. The Morgan fingerprint density at radius 1 is 1.24 bits per heavy atom. The van der Waals surface area contributed by atoms with Crippen LogP contribution in [0.15, 0.2) is 53.7 Å². The Labute approximate surface area is 120 Å². The lowest BCUT2D eigenvalue weighted by molar-refractivity contribution is 0.517. The first-order valence-electron chi connectivity index (χ1n) is 6.71.